The number of aromatic amines is 1. The van der Waals surface area contributed by atoms with Crippen LogP contribution in [0.2, 0.25) is 0 Å². The van der Waals surface area contributed by atoms with Crippen molar-refractivity contribution in [1.29, 1.82) is 0 Å². The molecular formula is C14H20N2. The third-order valence-corrected chi connectivity index (χ3v) is 3.38. The predicted octanol–water partition coefficient (Wildman–Crippen LogP) is 3.02. The maximum atomic E-state index is 3.45. The fourth-order valence-corrected chi connectivity index (χ4v) is 2.29. The molecule has 1 unspecified atom stereocenters. The molecule has 2 rings (SSSR count). The fraction of sp³-hybridized carbons (Fsp3) is 0.429. The van der Waals surface area contributed by atoms with Crippen molar-refractivity contribution >= 4 is 10.9 Å². The predicted molar refractivity (Wildman–Crippen MR) is 69.9 cm³/mol. The Labute approximate surface area is 97.1 Å². The average Bonchev–Trinajstić information content (AvgIpc) is 2.62. The van der Waals surface area contributed by atoms with E-state index in [0.717, 1.165) is 12.8 Å². The number of aryl methyl sites for hydroxylation is 1. The summed E-state index contributed by atoms with van der Waals surface area (Å²) in [5.74, 6) is 0. The Morgan fingerprint density at radius 2 is 2.06 bits per heavy atom. The maximum absolute atomic E-state index is 3.45. The van der Waals surface area contributed by atoms with E-state index in [2.05, 4.69) is 48.4 Å². The Morgan fingerprint density at radius 1 is 1.31 bits per heavy atom. The Kier molecular flexibility index (Phi) is 3.30. The molecule has 0 radical (unpaired) electrons. The number of hydrogen-bond acceptors (Lipinski definition) is 1. The first-order valence-corrected chi connectivity index (χ1v) is 5.99. The first-order valence-electron chi connectivity index (χ1n) is 5.99. The molecular weight excluding hydrogens is 196 g/mol. The third kappa shape index (κ3) is 1.98. The van der Waals surface area contributed by atoms with Crippen molar-refractivity contribution in [2.75, 3.05) is 7.05 Å². The van der Waals surface area contributed by atoms with Crippen molar-refractivity contribution in [3.8, 4) is 0 Å². The highest BCUT2D eigenvalue weighted by molar-refractivity contribution is 5.84. The molecule has 0 bridgehead atoms. The number of likely N-dealkylation sites (N-methyl/N-ethyl adjacent to an activating group) is 1. The topological polar surface area (TPSA) is 27.8 Å². The van der Waals surface area contributed by atoms with Gasteiger partial charge in [-0.3, -0.25) is 0 Å². The van der Waals surface area contributed by atoms with Crippen molar-refractivity contribution < 1.29 is 0 Å². The Bertz CT molecular complexity index is 467. The van der Waals surface area contributed by atoms with Crippen LogP contribution in [-0.2, 0) is 6.42 Å². The highest BCUT2D eigenvalue weighted by Crippen LogP contribution is 2.23. The largest absolute Gasteiger partial charge is 0.358 e. The Morgan fingerprint density at radius 3 is 2.75 bits per heavy atom. The lowest BCUT2D eigenvalue weighted by Crippen LogP contribution is -2.26. The van der Waals surface area contributed by atoms with Crippen LogP contribution in [0.5, 0.6) is 0 Å². The van der Waals surface area contributed by atoms with Crippen LogP contribution < -0.4 is 5.32 Å². The van der Waals surface area contributed by atoms with Gasteiger partial charge in [0.2, 0.25) is 0 Å². The minimum Gasteiger partial charge on any atom is -0.358 e. The average molecular weight is 216 g/mol. The van der Waals surface area contributed by atoms with Gasteiger partial charge in [-0.1, -0.05) is 25.1 Å². The van der Waals surface area contributed by atoms with E-state index in [0.29, 0.717) is 6.04 Å². The van der Waals surface area contributed by atoms with E-state index in [1.807, 2.05) is 7.05 Å². The summed E-state index contributed by atoms with van der Waals surface area (Å²) < 4.78 is 0. The molecule has 0 aliphatic heterocycles. The number of aromatic nitrogens is 1. The van der Waals surface area contributed by atoms with Gasteiger partial charge in [0.05, 0.1) is 0 Å². The lowest BCUT2D eigenvalue weighted by atomic mass is 10.0. The van der Waals surface area contributed by atoms with Gasteiger partial charge in [-0.05, 0) is 38.4 Å². The molecule has 2 nitrogen and oxygen atoms in total. The number of fused-ring (bicyclic) bond motifs is 1. The summed E-state index contributed by atoms with van der Waals surface area (Å²) in [5, 5.41) is 4.74. The first-order chi connectivity index (χ1) is 7.76. The molecule has 2 aromatic rings. The number of para-hydroxylation sites is 1. The monoisotopic (exact) mass is 216 g/mol. The summed E-state index contributed by atoms with van der Waals surface area (Å²) >= 11 is 0. The first kappa shape index (κ1) is 11.2. The highest BCUT2D eigenvalue weighted by Gasteiger charge is 2.11. The summed E-state index contributed by atoms with van der Waals surface area (Å²) in [5.41, 5.74) is 4.01. The summed E-state index contributed by atoms with van der Waals surface area (Å²) in [6.07, 6.45) is 2.26. The van der Waals surface area contributed by atoms with Crippen molar-refractivity contribution in [1.82, 2.24) is 10.3 Å². The molecule has 0 saturated carbocycles. The van der Waals surface area contributed by atoms with E-state index < -0.39 is 0 Å². The van der Waals surface area contributed by atoms with Crippen LogP contribution in [0.15, 0.2) is 24.3 Å². The van der Waals surface area contributed by atoms with E-state index in [9.17, 15) is 0 Å². The van der Waals surface area contributed by atoms with Gasteiger partial charge in [0.15, 0.2) is 0 Å². The zero-order chi connectivity index (χ0) is 11.5. The molecule has 0 saturated heterocycles. The van der Waals surface area contributed by atoms with Gasteiger partial charge in [-0.15, -0.1) is 0 Å². The molecule has 86 valence electrons. The van der Waals surface area contributed by atoms with E-state index >= 15 is 0 Å². The second-order valence-corrected chi connectivity index (χ2v) is 4.37. The third-order valence-electron chi connectivity index (χ3n) is 3.38. The Balaban J connectivity index is 2.39. The molecule has 0 fully saturated rings. The molecule has 0 aliphatic rings. The smallest absolute Gasteiger partial charge is 0.0458 e. The van der Waals surface area contributed by atoms with Crippen LogP contribution in [0.25, 0.3) is 10.9 Å². The zero-order valence-electron chi connectivity index (χ0n) is 10.3. The van der Waals surface area contributed by atoms with Crippen molar-refractivity contribution in [2.24, 2.45) is 0 Å². The molecule has 2 N–H and O–H groups in total. The summed E-state index contributed by atoms with van der Waals surface area (Å²) in [6, 6.07) is 9.11. The number of benzene rings is 1. The number of nitrogens with one attached hydrogen (secondary N) is 2. The minimum absolute atomic E-state index is 0.568. The molecule has 2 heteroatoms. The van der Waals surface area contributed by atoms with Gasteiger partial charge in [-0.25, -0.2) is 0 Å². The van der Waals surface area contributed by atoms with Crippen molar-refractivity contribution in [3.63, 3.8) is 0 Å². The number of rotatable bonds is 4. The van der Waals surface area contributed by atoms with Crippen LogP contribution in [0.3, 0.4) is 0 Å². The van der Waals surface area contributed by atoms with Gasteiger partial charge in [0.25, 0.3) is 0 Å². The normalized spacial score (nSPS) is 13.2. The van der Waals surface area contributed by atoms with Crippen LogP contribution in [0.1, 0.15) is 24.6 Å². The number of hydrogen-bond donors (Lipinski definition) is 2. The molecule has 1 aromatic carbocycles. The maximum Gasteiger partial charge on any atom is 0.0458 e. The molecule has 16 heavy (non-hydrogen) atoms. The second kappa shape index (κ2) is 4.71. The minimum atomic E-state index is 0.568. The lowest BCUT2D eigenvalue weighted by molar-refractivity contribution is 0.543. The lowest BCUT2D eigenvalue weighted by Gasteiger charge is -2.13. The molecule has 0 aliphatic carbocycles. The van der Waals surface area contributed by atoms with Gasteiger partial charge in [-0.2, -0.15) is 0 Å². The number of H-pyrrole nitrogens is 1. The Hall–Kier alpha value is -1.28. The van der Waals surface area contributed by atoms with E-state index in [4.69, 9.17) is 0 Å². The molecule has 1 atom stereocenters. The summed E-state index contributed by atoms with van der Waals surface area (Å²) in [7, 11) is 2.04. The molecule has 0 spiro atoms. The highest BCUT2D eigenvalue weighted by atomic mass is 14.9. The van der Waals surface area contributed by atoms with E-state index in [1.165, 1.54) is 22.2 Å². The van der Waals surface area contributed by atoms with Gasteiger partial charge in [0, 0.05) is 22.6 Å². The second-order valence-electron chi connectivity index (χ2n) is 4.37. The SMILES string of the molecule is CCC(Cc1c(C)[nH]c2ccccc12)NC. The molecule has 1 aromatic heterocycles. The molecule has 1 heterocycles. The van der Waals surface area contributed by atoms with Gasteiger partial charge in [0.1, 0.15) is 0 Å². The fourth-order valence-electron chi connectivity index (χ4n) is 2.29. The zero-order valence-corrected chi connectivity index (χ0v) is 10.3. The van der Waals surface area contributed by atoms with Crippen molar-refractivity contribution in [2.45, 2.75) is 32.7 Å². The summed E-state index contributed by atoms with van der Waals surface area (Å²) in [6.45, 7) is 4.39. The van der Waals surface area contributed by atoms with Crippen molar-refractivity contribution in [3.05, 3.63) is 35.5 Å². The van der Waals surface area contributed by atoms with Gasteiger partial charge >= 0.3 is 0 Å². The van der Waals surface area contributed by atoms with Crippen LogP contribution >= 0.6 is 0 Å². The van der Waals surface area contributed by atoms with E-state index in [1.54, 1.807) is 0 Å². The molecule has 0 amide bonds. The van der Waals surface area contributed by atoms with Crippen LogP contribution in [0.4, 0.5) is 0 Å². The van der Waals surface area contributed by atoms with Gasteiger partial charge < -0.3 is 10.3 Å². The van der Waals surface area contributed by atoms with Crippen LogP contribution in [-0.4, -0.2) is 18.1 Å². The van der Waals surface area contributed by atoms with E-state index in [-0.39, 0.29) is 0 Å². The van der Waals surface area contributed by atoms with Crippen LogP contribution in [0, 0.1) is 6.92 Å². The summed E-state index contributed by atoms with van der Waals surface area (Å²) in [4.78, 5) is 3.45. The standard InChI is InChI=1S/C14H20N2/c1-4-11(15-3)9-13-10(2)16-14-8-6-5-7-12(13)14/h5-8,11,15-16H,4,9H2,1-3H3. The quantitative estimate of drug-likeness (QED) is 0.808.